The molecule has 6 heteroatoms. The van der Waals surface area contributed by atoms with Gasteiger partial charge < -0.3 is 5.32 Å². The molecule has 1 N–H and O–H groups in total. The summed E-state index contributed by atoms with van der Waals surface area (Å²) in [7, 11) is 0. The highest BCUT2D eigenvalue weighted by atomic mass is 35.5. The van der Waals surface area contributed by atoms with Gasteiger partial charge in [0.1, 0.15) is 5.69 Å². The van der Waals surface area contributed by atoms with Gasteiger partial charge in [-0.3, -0.25) is 14.7 Å². The molecule has 3 rings (SSSR count). The van der Waals surface area contributed by atoms with Crippen LogP contribution in [0.5, 0.6) is 0 Å². The number of amides is 1. The van der Waals surface area contributed by atoms with Crippen LogP contribution in [-0.2, 0) is 0 Å². The van der Waals surface area contributed by atoms with Crippen molar-refractivity contribution in [3.63, 3.8) is 0 Å². The predicted molar refractivity (Wildman–Crippen MR) is 92.6 cm³/mol. The molecule has 0 unspecified atom stereocenters. The van der Waals surface area contributed by atoms with Crippen molar-refractivity contribution < 1.29 is 4.79 Å². The molecule has 23 heavy (non-hydrogen) atoms. The molecule has 0 aromatic carbocycles. The van der Waals surface area contributed by atoms with Crippen LogP contribution in [0, 0.1) is 11.8 Å². The zero-order chi connectivity index (χ0) is 15.5. The highest BCUT2D eigenvalue weighted by Crippen LogP contribution is 2.41. The van der Waals surface area contributed by atoms with Crippen LogP contribution in [-0.4, -0.2) is 46.5 Å². The van der Waals surface area contributed by atoms with Gasteiger partial charge in [0.25, 0.3) is 5.91 Å². The van der Waals surface area contributed by atoms with Gasteiger partial charge in [0.2, 0.25) is 0 Å². The van der Waals surface area contributed by atoms with E-state index in [0.29, 0.717) is 11.6 Å². The first-order chi connectivity index (χ1) is 10.7. The highest BCUT2D eigenvalue weighted by Gasteiger charge is 2.43. The molecule has 1 aliphatic carbocycles. The van der Waals surface area contributed by atoms with Crippen molar-refractivity contribution in [2.75, 3.05) is 19.6 Å². The number of carbonyl (C=O) groups is 1. The van der Waals surface area contributed by atoms with Crippen LogP contribution >= 0.6 is 12.4 Å². The van der Waals surface area contributed by atoms with Gasteiger partial charge in [-0.2, -0.15) is 0 Å². The van der Waals surface area contributed by atoms with Gasteiger partial charge in [-0.1, -0.05) is 11.6 Å². The molecule has 0 radical (unpaired) electrons. The standard InChI is InChI=1S/C17H24N4O.ClH/c1-3-12(2)9-21-10-14(13-4-5-13)16(11-21)20-17(22)15-8-18-6-7-19-15;/h3,6-8,13-14,16H,4-5,9-11H2,1-2H3,(H,20,22);1H/t14-,16+;/m1./s1. The van der Waals surface area contributed by atoms with Crippen molar-refractivity contribution in [1.29, 1.82) is 0 Å². The first-order valence-electron chi connectivity index (χ1n) is 8.08. The molecular weight excluding hydrogens is 312 g/mol. The fourth-order valence-corrected chi connectivity index (χ4v) is 3.30. The first kappa shape index (κ1) is 17.9. The molecule has 2 heterocycles. The Morgan fingerprint density at radius 2 is 2.17 bits per heavy atom. The van der Waals surface area contributed by atoms with Crippen LogP contribution in [0.4, 0.5) is 0 Å². The largest absolute Gasteiger partial charge is 0.346 e. The number of aromatic nitrogens is 2. The zero-order valence-electron chi connectivity index (χ0n) is 13.7. The van der Waals surface area contributed by atoms with E-state index >= 15 is 0 Å². The third-order valence-corrected chi connectivity index (χ3v) is 4.75. The second-order valence-electron chi connectivity index (χ2n) is 6.50. The molecule has 5 nitrogen and oxygen atoms in total. The van der Waals surface area contributed by atoms with Crippen molar-refractivity contribution in [2.24, 2.45) is 11.8 Å². The van der Waals surface area contributed by atoms with Crippen LogP contribution in [0.2, 0.25) is 0 Å². The Labute approximate surface area is 144 Å². The molecular formula is C17H25ClN4O. The molecule has 1 amide bonds. The Hall–Kier alpha value is -1.46. The Kier molecular flexibility index (Phi) is 6.13. The number of allylic oxidation sites excluding steroid dienone is 1. The smallest absolute Gasteiger partial charge is 0.271 e. The quantitative estimate of drug-likeness (QED) is 0.838. The summed E-state index contributed by atoms with van der Waals surface area (Å²) in [5.41, 5.74) is 1.79. The molecule has 2 aliphatic rings. The van der Waals surface area contributed by atoms with E-state index in [0.717, 1.165) is 25.6 Å². The predicted octanol–water partition coefficient (Wildman–Crippen LogP) is 2.30. The number of carbonyl (C=O) groups excluding carboxylic acids is 1. The van der Waals surface area contributed by atoms with E-state index in [-0.39, 0.29) is 24.4 Å². The number of hydrogen-bond acceptors (Lipinski definition) is 4. The maximum absolute atomic E-state index is 12.3. The van der Waals surface area contributed by atoms with Crippen LogP contribution in [0.1, 0.15) is 37.2 Å². The first-order valence-corrected chi connectivity index (χ1v) is 8.08. The Balaban J connectivity index is 0.00000192. The van der Waals surface area contributed by atoms with Gasteiger partial charge in [0.15, 0.2) is 0 Å². The van der Waals surface area contributed by atoms with Crippen LogP contribution in [0.3, 0.4) is 0 Å². The van der Waals surface area contributed by atoms with Crippen LogP contribution < -0.4 is 5.32 Å². The topological polar surface area (TPSA) is 58.1 Å². The number of likely N-dealkylation sites (tertiary alicyclic amines) is 1. The Morgan fingerprint density at radius 3 is 2.78 bits per heavy atom. The number of hydrogen-bond donors (Lipinski definition) is 1. The lowest BCUT2D eigenvalue weighted by Gasteiger charge is -2.19. The number of halogens is 1. The van der Waals surface area contributed by atoms with Gasteiger partial charge in [0.05, 0.1) is 6.20 Å². The summed E-state index contributed by atoms with van der Waals surface area (Å²) >= 11 is 0. The second-order valence-corrected chi connectivity index (χ2v) is 6.50. The maximum Gasteiger partial charge on any atom is 0.271 e. The Morgan fingerprint density at radius 1 is 1.39 bits per heavy atom. The summed E-state index contributed by atoms with van der Waals surface area (Å²) < 4.78 is 0. The van der Waals surface area contributed by atoms with E-state index < -0.39 is 0 Å². The Bertz CT molecular complexity index is 559. The zero-order valence-corrected chi connectivity index (χ0v) is 14.6. The molecule has 0 bridgehead atoms. The summed E-state index contributed by atoms with van der Waals surface area (Å²) in [6, 6.07) is 0.228. The van der Waals surface area contributed by atoms with Gasteiger partial charge >= 0.3 is 0 Å². The summed E-state index contributed by atoms with van der Waals surface area (Å²) in [4.78, 5) is 22.8. The number of nitrogens with zero attached hydrogens (tertiary/aromatic N) is 3. The average Bonchev–Trinajstić information content (AvgIpc) is 3.31. The summed E-state index contributed by atoms with van der Waals surface area (Å²) in [5, 5.41) is 3.19. The molecule has 2 atom stereocenters. The van der Waals surface area contributed by atoms with Gasteiger partial charge in [-0.15, -0.1) is 12.4 Å². The molecule has 1 aliphatic heterocycles. The van der Waals surface area contributed by atoms with Gasteiger partial charge in [-0.05, 0) is 38.5 Å². The summed E-state index contributed by atoms with van der Waals surface area (Å²) in [5.74, 6) is 1.25. The second kappa shape index (κ2) is 7.88. The van der Waals surface area contributed by atoms with Gasteiger partial charge in [0, 0.05) is 38.1 Å². The monoisotopic (exact) mass is 336 g/mol. The number of nitrogens with one attached hydrogen (secondary N) is 1. The van der Waals surface area contributed by atoms with Crippen LogP contribution in [0.25, 0.3) is 0 Å². The van der Waals surface area contributed by atoms with E-state index in [2.05, 4.69) is 40.1 Å². The van der Waals surface area contributed by atoms with E-state index in [4.69, 9.17) is 0 Å². The highest BCUT2D eigenvalue weighted by molar-refractivity contribution is 5.92. The fourth-order valence-electron chi connectivity index (χ4n) is 3.30. The SMILES string of the molecule is CC=C(C)CN1C[C@H](NC(=O)c2cnccn2)[C@@H](C2CC2)C1.Cl. The fraction of sp³-hybridized carbons (Fsp3) is 0.588. The van der Waals surface area contributed by atoms with Crippen molar-refractivity contribution in [2.45, 2.75) is 32.7 Å². The summed E-state index contributed by atoms with van der Waals surface area (Å²) in [6.45, 7) is 7.26. The number of rotatable bonds is 5. The minimum Gasteiger partial charge on any atom is -0.346 e. The molecule has 0 spiro atoms. The van der Waals surface area contributed by atoms with Crippen molar-refractivity contribution in [1.82, 2.24) is 20.2 Å². The average molecular weight is 337 g/mol. The third-order valence-electron chi connectivity index (χ3n) is 4.75. The third kappa shape index (κ3) is 4.52. The molecule has 126 valence electrons. The molecule has 1 aromatic rings. The lowest BCUT2D eigenvalue weighted by molar-refractivity contribution is 0.0922. The van der Waals surface area contributed by atoms with Crippen molar-refractivity contribution in [3.8, 4) is 0 Å². The normalized spacial score (nSPS) is 25.0. The minimum absolute atomic E-state index is 0. The molecule has 1 saturated heterocycles. The molecule has 2 fully saturated rings. The van der Waals surface area contributed by atoms with Crippen molar-refractivity contribution >= 4 is 18.3 Å². The van der Waals surface area contributed by atoms with Crippen molar-refractivity contribution in [3.05, 3.63) is 35.9 Å². The molecule has 1 saturated carbocycles. The molecule has 1 aromatic heterocycles. The lowest BCUT2D eigenvalue weighted by Crippen LogP contribution is -2.41. The van der Waals surface area contributed by atoms with Crippen LogP contribution in [0.15, 0.2) is 30.2 Å². The van der Waals surface area contributed by atoms with E-state index in [1.165, 1.54) is 24.6 Å². The summed E-state index contributed by atoms with van der Waals surface area (Å²) in [6.07, 6.45) is 9.44. The van der Waals surface area contributed by atoms with Gasteiger partial charge in [-0.25, -0.2) is 4.98 Å². The van der Waals surface area contributed by atoms with E-state index in [1.807, 2.05) is 0 Å². The van der Waals surface area contributed by atoms with E-state index in [1.54, 1.807) is 12.4 Å². The minimum atomic E-state index is -0.103. The lowest BCUT2D eigenvalue weighted by atomic mass is 9.98. The maximum atomic E-state index is 12.3. The van der Waals surface area contributed by atoms with E-state index in [9.17, 15) is 4.79 Å².